The Morgan fingerprint density at radius 1 is 1.09 bits per heavy atom. The van der Waals surface area contributed by atoms with Crippen molar-refractivity contribution in [3.8, 4) is 5.75 Å². The molecule has 33 heavy (non-hydrogen) atoms. The van der Waals surface area contributed by atoms with Gasteiger partial charge in [0.15, 0.2) is 0 Å². The predicted octanol–water partition coefficient (Wildman–Crippen LogP) is 5.05. The number of piperidine rings is 1. The van der Waals surface area contributed by atoms with E-state index in [9.17, 15) is 13.2 Å². The van der Waals surface area contributed by atoms with Gasteiger partial charge in [-0.25, -0.2) is 0 Å². The average molecular weight is 464 g/mol. The van der Waals surface area contributed by atoms with Gasteiger partial charge in [-0.3, -0.25) is 4.98 Å². The summed E-state index contributed by atoms with van der Waals surface area (Å²) >= 11 is 0. The first kappa shape index (κ1) is 23.8. The normalized spacial score (nSPS) is 19.7. The van der Waals surface area contributed by atoms with Crippen LogP contribution in [-0.2, 0) is 17.5 Å². The molecule has 2 aromatic rings. The highest BCUT2D eigenvalue weighted by Gasteiger charge is 2.30. The van der Waals surface area contributed by atoms with Crippen molar-refractivity contribution < 1.29 is 22.6 Å². The molecule has 3 heterocycles. The quantitative estimate of drug-likeness (QED) is 0.527. The highest BCUT2D eigenvalue weighted by Crippen LogP contribution is 2.30. The lowest BCUT2D eigenvalue weighted by molar-refractivity contribution is -0.137. The number of ether oxygens (including phenoxy) is 2. The minimum absolute atomic E-state index is 0.206. The third kappa shape index (κ3) is 7.08. The van der Waals surface area contributed by atoms with Crippen molar-refractivity contribution in [3.63, 3.8) is 0 Å². The summed E-state index contributed by atoms with van der Waals surface area (Å²) in [4.78, 5) is 6.70. The molecule has 2 aliphatic heterocycles. The van der Waals surface area contributed by atoms with E-state index in [0.29, 0.717) is 30.7 Å². The zero-order valence-corrected chi connectivity index (χ0v) is 18.8. The van der Waals surface area contributed by atoms with Crippen LogP contribution in [0.25, 0.3) is 0 Å². The molecule has 0 spiro atoms. The Morgan fingerprint density at radius 3 is 2.70 bits per heavy atom. The lowest BCUT2D eigenvalue weighted by Crippen LogP contribution is -2.34. The van der Waals surface area contributed by atoms with E-state index in [1.165, 1.54) is 12.5 Å². The third-order valence-electron chi connectivity index (χ3n) is 6.49. The van der Waals surface area contributed by atoms with Gasteiger partial charge in [0.05, 0.1) is 30.3 Å². The van der Waals surface area contributed by atoms with Gasteiger partial charge in [-0.05, 0) is 62.3 Å². The van der Waals surface area contributed by atoms with Crippen molar-refractivity contribution in [2.24, 2.45) is 5.92 Å². The fraction of sp³-hybridized carbons (Fsp3) is 0.560. The van der Waals surface area contributed by atoms with Crippen molar-refractivity contribution >= 4 is 5.69 Å². The highest BCUT2D eigenvalue weighted by atomic mass is 19.4. The molecule has 0 unspecified atom stereocenters. The molecule has 0 aliphatic carbocycles. The van der Waals surface area contributed by atoms with E-state index < -0.39 is 11.7 Å². The molecule has 2 fully saturated rings. The topological polar surface area (TPSA) is 46.6 Å². The molecule has 180 valence electrons. The molecule has 0 radical (unpaired) electrons. The number of halogens is 3. The lowest BCUT2D eigenvalue weighted by Gasteiger charge is -2.33. The molecule has 2 saturated heterocycles. The van der Waals surface area contributed by atoms with E-state index in [2.05, 4.69) is 21.3 Å². The van der Waals surface area contributed by atoms with Crippen LogP contribution in [-0.4, -0.2) is 43.9 Å². The van der Waals surface area contributed by atoms with Crippen LogP contribution in [0.5, 0.6) is 5.75 Å². The number of hydrogen-bond acceptors (Lipinski definition) is 5. The van der Waals surface area contributed by atoms with Crippen molar-refractivity contribution in [1.82, 2.24) is 10.3 Å². The second kappa shape index (κ2) is 11.2. The zero-order valence-electron chi connectivity index (χ0n) is 18.8. The van der Waals surface area contributed by atoms with Gasteiger partial charge in [0.2, 0.25) is 0 Å². The zero-order chi connectivity index (χ0) is 23.1. The number of pyridine rings is 1. The molecule has 1 atom stereocenters. The molecular formula is C25H32F3N3O2. The number of anilines is 1. The summed E-state index contributed by atoms with van der Waals surface area (Å²) in [5, 5.41) is 3.44. The van der Waals surface area contributed by atoms with Crippen LogP contribution in [0.3, 0.4) is 0 Å². The van der Waals surface area contributed by atoms with Gasteiger partial charge in [0.1, 0.15) is 12.4 Å². The first-order valence-electron chi connectivity index (χ1n) is 11.8. The molecule has 5 nitrogen and oxygen atoms in total. The first-order valence-corrected chi connectivity index (χ1v) is 11.8. The molecule has 1 aromatic heterocycles. The van der Waals surface area contributed by atoms with Crippen molar-refractivity contribution in [3.05, 3.63) is 53.9 Å². The Balaban J connectivity index is 1.16. The molecule has 0 saturated carbocycles. The summed E-state index contributed by atoms with van der Waals surface area (Å²) in [6.07, 6.45) is 4.74. The molecule has 1 aromatic carbocycles. The molecule has 4 rings (SSSR count). The number of aromatic nitrogens is 1. The number of nitrogens with zero attached hydrogens (tertiary/aromatic N) is 2. The van der Waals surface area contributed by atoms with Gasteiger partial charge >= 0.3 is 6.18 Å². The van der Waals surface area contributed by atoms with Gasteiger partial charge in [0, 0.05) is 31.8 Å². The number of nitrogens with one attached hydrogen (secondary N) is 1. The molecule has 2 aliphatic rings. The summed E-state index contributed by atoms with van der Waals surface area (Å²) in [6.45, 7) is 4.41. The monoisotopic (exact) mass is 463 g/mol. The van der Waals surface area contributed by atoms with Gasteiger partial charge in [-0.2, -0.15) is 13.2 Å². The largest absolute Gasteiger partial charge is 0.490 e. The van der Waals surface area contributed by atoms with E-state index in [1.54, 1.807) is 12.3 Å². The average Bonchev–Trinajstić information content (AvgIpc) is 3.35. The minimum Gasteiger partial charge on any atom is -0.490 e. The van der Waals surface area contributed by atoms with Crippen LogP contribution in [0.15, 0.2) is 42.7 Å². The number of benzene rings is 1. The van der Waals surface area contributed by atoms with E-state index in [1.807, 2.05) is 6.20 Å². The van der Waals surface area contributed by atoms with Crippen LogP contribution < -0.4 is 15.0 Å². The maximum absolute atomic E-state index is 12.8. The van der Waals surface area contributed by atoms with Crippen molar-refractivity contribution in [2.75, 3.05) is 37.7 Å². The Kier molecular flexibility index (Phi) is 8.09. The Hall–Kier alpha value is -2.32. The van der Waals surface area contributed by atoms with E-state index in [4.69, 9.17) is 9.47 Å². The highest BCUT2D eigenvalue weighted by molar-refractivity contribution is 5.48. The molecular weight excluding hydrogens is 431 g/mol. The van der Waals surface area contributed by atoms with Gasteiger partial charge in [0.25, 0.3) is 0 Å². The van der Waals surface area contributed by atoms with Crippen LogP contribution >= 0.6 is 0 Å². The molecule has 8 heteroatoms. The summed E-state index contributed by atoms with van der Waals surface area (Å²) in [7, 11) is 0. The fourth-order valence-electron chi connectivity index (χ4n) is 4.51. The number of rotatable bonds is 9. The maximum atomic E-state index is 12.8. The summed E-state index contributed by atoms with van der Waals surface area (Å²) < 4.78 is 50.1. The first-order chi connectivity index (χ1) is 16.0. The summed E-state index contributed by atoms with van der Waals surface area (Å²) in [5.41, 5.74) is 1.01. The van der Waals surface area contributed by atoms with Gasteiger partial charge < -0.3 is 19.7 Å². The SMILES string of the molecule is FC(F)(F)c1cccc(COCCC2CCN(c3cncc(OC[C@@H]4CCCN4)c3)CC2)c1. The summed E-state index contributed by atoms with van der Waals surface area (Å²) in [5.74, 6) is 1.37. The second-order valence-electron chi connectivity index (χ2n) is 8.95. The Bertz CT molecular complexity index is 879. The standard InChI is InChI=1S/C25H32F3N3O2/c26-25(27,28)21-4-1-3-20(13-21)17-32-12-8-19-6-10-31(11-7-19)23-14-24(16-29-15-23)33-18-22-5-2-9-30-22/h1,3-4,13-16,19,22,30H,2,5-12,17-18H2/t22-/m0/s1. The number of alkyl halides is 3. The maximum Gasteiger partial charge on any atom is 0.416 e. The van der Waals surface area contributed by atoms with Crippen LogP contribution in [0.2, 0.25) is 0 Å². The molecule has 0 bridgehead atoms. The van der Waals surface area contributed by atoms with E-state index in [-0.39, 0.29) is 6.61 Å². The number of hydrogen-bond donors (Lipinski definition) is 1. The van der Waals surface area contributed by atoms with E-state index in [0.717, 1.165) is 68.9 Å². The van der Waals surface area contributed by atoms with Gasteiger partial charge in [-0.1, -0.05) is 12.1 Å². The van der Waals surface area contributed by atoms with Crippen molar-refractivity contribution in [2.45, 2.75) is 50.9 Å². The van der Waals surface area contributed by atoms with E-state index >= 15 is 0 Å². The third-order valence-corrected chi connectivity index (χ3v) is 6.49. The van der Waals surface area contributed by atoms with Crippen molar-refractivity contribution in [1.29, 1.82) is 0 Å². The fourth-order valence-corrected chi connectivity index (χ4v) is 4.51. The minimum atomic E-state index is -4.32. The summed E-state index contributed by atoms with van der Waals surface area (Å²) in [6, 6.07) is 7.85. The lowest BCUT2D eigenvalue weighted by atomic mass is 9.94. The van der Waals surface area contributed by atoms with Crippen LogP contribution in [0.1, 0.15) is 43.2 Å². The van der Waals surface area contributed by atoms with Crippen LogP contribution in [0.4, 0.5) is 18.9 Å². The molecule has 0 amide bonds. The smallest absolute Gasteiger partial charge is 0.416 e. The Labute approximate surface area is 193 Å². The van der Waals surface area contributed by atoms with Crippen LogP contribution in [0, 0.1) is 5.92 Å². The molecule has 1 N–H and O–H groups in total. The predicted molar refractivity (Wildman–Crippen MR) is 121 cm³/mol. The van der Waals surface area contributed by atoms with Gasteiger partial charge in [-0.15, -0.1) is 0 Å². The Morgan fingerprint density at radius 2 is 1.94 bits per heavy atom. The second-order valence-corrected chi connectivity index (χ2v) is 8.95.